The smallest absolute Gasteiger partial charge is 0.387 e. The van der Waals surface area contributed by atoms with Crippen molar-refractivity contribution < 1.29 is 33.2 Å². The fraction of sp³-hybridized carbons (Fsp3) is 0.407. The molecule has 41 heavy (non-hydrogen) atoms. The number of ether oxygens (including phenoxy) is 1. The molecule has 1 saturated carbocycles. The summed E-state index contributed by atoms with van der Waals surface area (Å²) in [5.41, 5.74) is 3.10. The molecule has 10 nitrogen and oxygen atoms in total. The van der Waals surface area contributed by atoms with E-state index in [1.165, 1.54) is 17.4 Å². The minimum Gasteiger partial charge on any atom is -0.432 e. The van der Waals surface area contributed by atoms with Crippen LogP contribution in [0.3, 0.4) is 0 Å². The maximum atomic E-state index is 14.4. The van der Waals surface area contributed by atoms with Crippen LogP contribution in [0.15, 0.2) is 30.5 Å². The van der Waals surface area contributed by atoms with Crippen LogP contribution in [0.5, 0.6) is 5.75 Å². The van der Waals surface area contributed by atoms with Crippen molar-refractivity contribution in [3.05, 3.63) is 53.2 Å². The number of hydrogen-bond acceptors (Lipinski definition) is 11. The number of benzene rings is 1. The Balaban J connectivity index is 1.50. The lowest BCUT2D eigenvalue weighted by molar-refractivity contribution is -0.0522. The second-order valence-corrected chi connectivity index (χ2v) is 11.0. The third kappa shape index (κ3) is 5.91. The third-order valence-corrected chi connectivity index (χ3v) is 8.21. The number of rotatable bonds is 9. The summed E-state index contributed by atoms with van der Waals surface area (Å²) in [6.45, 7) is 1.95. The molecule has 5 N–H and O–H groups in total. The van der Waals surface area contributed by atoms with Gasteiger partial charge in [0.1, 0.15) is 22.4 Å². The van der Waals surface area contributed by atoms with Crippen LogP contribution in [0.2, 0.25) is 0 Å². The number of anilines is 2. The summed E-state index contributed by atoms with van der Waals surface area (Å²) in [5.74, 6) is -1.47. The zero-order valence-corrected chi connectivity index (χ0v) is 23.2. The molecule has 1 aliphatic carbocycles. The number of fused-ring (bicyclic) bond motifs is 1. The molecule has 5 rings (SSSR count). The number of nitrogens with zero attached hydrogens (tertiary/aromatic N) is 4. The van der Waals surface area contributed by atoms with E-state index in [2.05, 4.69) is 30.3 Å². The second-order valence-electron chi connectivity index (χ2n) is 9.96. The number of nitrogens with one attached hydrogen (secondary N) is 2. The number of aromatic nitrogens is 4. The average molecular weight is 591 g/mol. The van der Waals surface area contributed by atoms with Crippen LogP contribution < -0.4 is 15.4 Å². The molecule has 5 atom stereocenters. The second kappa shape index (κ2) is 11.7. The minimum absolute atomic E-state index is 0.181. The van der Waals surface area contributed by atoms with Gasteiger partial charge < -0.3 is 30.7 Å². The van der Waals surface area contributed by atoms with Gasteiger partial charge in [0.25, 0.3) is 0 Å². The molecule has 0 radical (unpaired) electrons. The molecule has 0 unspecified atom stereocenters. The van der Waals surface area contributed by atoms with Crippen molar-refractivity contribution >= 4 is 33.3 Å². The van der Waals surface area contributed by atoms with E-state index in [9.17, 15) is 28.5 Å². The highest BCUT2D eigenvalue weighted by Gasteiger charge is 2.41. The number of aryl methyl sites for hydroxylation is 2. The van der Waals surface area contributed by atoms with Gasteiger partial charge in [-0.25, -0.2) is 14.4 Å². The quantitative estimate of drug-likeness (QED) is 0.192. The number of thiazole rings is 1. The number of pyridine rings is 1. The van der Waals surface area contributed by atoms with Gasteiger partial charge >= 0.3 is 6.61 Å². The SMILES string of the molecule is Cc1nc(N[C@H](C)c2ccc(OC(F)F)c(F)c2)nc(N[C@@H]2C[C@H](CO)[C@@H](O)[C@H]2O)c1-c1nc2c(C)nccc2s1. The summed E-state index contributed by atoms with van der Waals surface area (Å²) in [6, 6.07) is 4.40. The van der Waals surface area contributed by atoms with Crippen LogP contribution in [0, 0.1) is 25.6 Å². The molecule has 0 bridgehead atoms. The molecule has 0 aliphatic heterocycles. The molecule has 1 fully saturated rings. The predicted molar refractivity (Wildman–Crippen MR) is 148 cm³/mol. The van der Waals surface area contributed by atoms with Gasteiger partial charge in [-0.05, 0) is 51.0 Å². The molecule has 4 aromatic rings. The Morgan fingerprint density at radius 1 is 1.10 bits per heavy atom. The molecule has 1 aliphatic rings. The summed E-state index contributed by atoms with van der Waals surface area (Å²) < 4.78 is 44.5. The zero-order valence-electron chi connectivity index (χ0n) is 22.3. The zero-order chi connectivity index (χ0) is 29.4. The Morgan fingerprint density at radius 3 is 2.54 bits per heavy atom. The first kappa shape index (κ1) is 28.9. The van der Waals surface area contributed by atoms with Gasteiger partial charge in [0.05, 0.1) is 39.8 Å². The number of hydrogen-bond donors (Lipinski definition) is 5. The molecule has 1 aromatic carbocycles. The van der Waals surface area contributed by atoms with Crippen molar-refractivity contribution in [1.29, 1.82) is 0 Å². The van der Waals surface area contributed by atoms with Crippen LogP contribution in [-0.4, -0.2) is 66.7 Å². The summed E-state index contributed by atoms with van der Waals surface area (Å²) in [5, 5.41) is 37.6. The number of alkyl halides is 2. The average Bonchev–Trinajstić information content (AvgIpc) is 3.46. The fourth-order valence-corrected chi connectivity index (χ4v) is 6.08. The molecular weight excluding hydrogens is 561 g/mol. The van der Waals surface area contributed by atoms with E-state index in [1.807, 2.05) is 13.0 Å². The van der Waals surface area contributed by atoms with E-state index >= 15 is 0 Å². The van der Waals surface area contributed by atoms with Crippen LogP contribution in [0.25, 0.3) is 20.8 Å². The molecule has 0 saturated heterocycles. The summed E-state index contributed by atoms with van der Waals surface area (Å²) >= 11 is 1.43. The maximum Gasteiger partial charge on any atom is 0.387 e. The van der Waals surface area contributed by atoms with E-state index in [-0.39, 0.29) is 12.6 Å². The van der Waals surface area contributed by atoms with Crippen molar-refractivity contribution in [1.82, 2.24) is 19.9 Å². The molecule has 14 heteroatoms. The topological polar surface area (TPSA) is 146 Å². The van der Waals surface area contributed by atoms with Crippen LogP contribution in [0.1, 0.15) is 36.3 Å². The van der Waals surface area contributed by atoms with Crippen molar-refractivity contribution in [3.8, 4) is 16.3 Å². The number of halogens is 3. The number of aliphatic hydroxyl groups excluding tert-OH is 3. The summed E-state index contributed by atoms with van der Waals surface area (Å²) in [7, 11) is 0. The highest BCUT2D eigenvalue weighted by molar-refractivity contribution is 7.21. The Hall–Kier alpha value is -3.59. The minimum atomic E-state index is -3.14. The van der Waals surface area contributed by atoms with Crippen molar-refractivity contribution in [2.24, 2.45) is 5.92 Å². The van der Waals surface area contributed by atoms with Gasteiger partial charge in [-0.2, -0.15) is 13.8 Å². The molecule has 0 amide bonds. The Bertz CT molecular complexity index is 1560. The molecule has 218 valence electrons. The highest BCUT2D eigenvalue weighted by atomic mass is 32.1. The Labute approximate surface area is 237 Å². The summed E-state index contributed by atoms with van der Waals surface area (Å²) in [6.07, 6.45) is -0.249. The van der Waals surface area contributed by atoms with Crippen LogP contribution >= 0.6 is 11.3 Å². The normalized spacial score (nSPS) is 21.4. The predicted octanol–water partition coefficient (Wildman–Crippen LogP) is 4.19. The van der Waals surface area contributed by atoms with E-state index in [1.54, 1.807) is 20.0 Å². The molecule has 3 aromatic heterocycles. The lowest BCUT2D eigenvalue weighted by atomic mass is 10.1. The van der Waals surface area contributed by atoms with E-state index in [0.717, 1.165) is 28.0 Å². The maximum absolute atomic E-state index is 14.4. The van der Waals surface area contributed by atoms with Gasteiger partial charge in [-0.15, -0.1) is 11.3 Å². The lowest BCUT2D eigenvalue weighted by Crippen LogP contribution is -2.35. The van der Waals surface area contributed by atoms with E-state index < -0.39 is 48.4 Å². The van der Waals surface area contributed by atoms with Crippen molar-refractivity contribution in [2.75, 3.05) is 17.2 Å². The van der Waals surface area contributed by atoms with Crippen molar-refractivity contribution in [2.45, 2.75) is 58.1 Å². The van der Waals surface area contributed by atoms with Crippen LogP contribution in [0.4, 0.5) is 24.9 Å². The Kier molecular flexibility index (Phi) is 8.27. The van der Waals surface area contributed by atoms with Crippen molar-refractivity contribution in [3.63, 3.8) is 0 Å². The molecular formula is C27H29F3N6O4S. The fourth-order valence-electron chi connectivity index (χ4n) is 4.97. The first-order valence-electron chi connectivity index (χ1n) is 12.9. The van der Waals surface area contributed by atoms with Gasteiger partial charge in [-0.3, -0.25) is 4.98 Å². The summed E-state index contributed by atoms with van der Waals surface area (Å²) in [4.78, 5) is 18.4. The number of aliphatic hydroxyl groups is 3. The monoisotopic (exact) mass is 590 g/mol. The van der Waals surface area contributed by atoms with Gasteiger partial charge in [0.2, 0.25) is 5.95 Å². The lowest BCUT2D eigenvalue weighted by Gasteiger charge is -2.22. The van der Waals surface area contributed by atoms with E-state index in [4.69, 9.17) is 4.98 Å². The Morgan fingerprint density at radius 2 is 1.88 bits per heavy atom. The molecule has 0 spiro atoms. The third-order valence-electron chi connectivity index (χ3n) is 7.17. The standard InChI is InChI=1S/C27H29F3N6O4S/c1-11(14-4-5-18(16(28)8-14)40-26(29)30)32-27-33-12(2)20(25-35-21-13(3)31-7-6-19(21)41-25)24(36-27)34-17-9-15(10-37)22(38)23(17)39/h4-8,11,15,17,22-23,26,37-39H,9-10H2,1-3H3,(H2,32,33,34,36)/t11-,15-,17-,22-,23+/m1/s1. The largest absolute Gasteiger partial charge is 0.432 e. The first-order chi connectivity index (χ1) is 19.5. The highest BCUT2D eigenvalue weighted by Crippen LogP contribution is 2.39. The van der Waals surface area contributed by atoms with Gasteiger partial charge in [0, 0.05) is 18.7 Å². The van der Waals surface area contributed by atoms with Gasteiger partial charge in [-0.1, -0.05) is 6.07 Å². The van der Waals surface area contributed by atoms with E-state index in [0.29, 0.717) is 34.1 Å². The van der Waals surface area contributed by atoms with Gasteiger partial charge in [0.15, 0.2) is 11.6 Å². The molecule has 3 heterocycles. The van der Waals surface area contributed by atoms with Crippen LogP contribution in [-0.2, 0) is 0 Å². The first-order valence-corrected chi connectivity index (χ1v) is 13.7.